The van der Waals surface area contributed by atoms with E-state index in [2.05, 4.69) is 65.2 Å². The van der Waals surface area contributed by atoms with E-state index < -0.39 is 0 Å². The minimum absolute atomic E-state index is 0.699. The molecule has 0 spiro atoms. The van der Waals surface area contributed by atoms with Gasteiger partial charge in [-0.05, 0) is 73.5 Å². The maximum absolute atomic E-state index is 5.58. The number of imidazole rings is 1. The molecular formula is C24H31N3OS. The van der Waals surface area contributed by atoms with E-state index in [1.165, 1.54) is 34.6 Å². The Morgan fingerprint density at radius 1 is 1.07 bits per heavy atom. The Morgan fingerprint density at radius 3 is 2.48 bits per heavy atom. The molecule has 0 unspecified atom stereocenters. The van der Waals surface area contributed by atoms with Gasteiger partial charge in [-0.25, -0.2) is 9.29 Å². The Bertz CT molecular complexity index is 943. The molecule has 1 aromatic heterocycles. The van der Waals surface area contributed by atoms with E-state index in [-0.39, 0.29) is 0 Å². The zero-order valence-electron chi connectivity index (χ0n) is 17.7. The zero-order valence-corrected chi connectivity index (χ0v) is 18.5. The Kier molecular flexibility index (Phi) is 6.46. The maximum atomic E-state index is 5.58. The molecule has 0 N–H and O–H groups in total. The van der Waals surface area contributed by atoms with Crippen LogP contribution in [0.15, 0.2) is 47.4 Å². The molecule has 154 valence electrons. The van der Waals surface area contributed by atoms with Crippen LogP contribution in [0.3, 0.4) is 0 Å². The molecule has 1 fully saturated rings. The van der Waals surface area contributed by atoms with Gasteiger partial charge >= 0.3 is 0 Å². The van der Waals surface area contributed by atoms with Gasteiger partial charge in [0, 0.05) is 31.0 Å². The van der Waals surface area contributed by atoms with Gasteiger partial charge in [0.25, 0.3) is 0 Å². The van der Waals surface area contributed by atoms with Crippen molar-refractivity contribution in [1.29, 1.82) is 0 Å². The van der Waals surface area contributed by atoms with Gasteiger partial charge in [-0.2, -0.15) is 0 Å². The van der Waals surface area contributed by atoms with Crippen molar-refractivity contribution in [2.75, 3.05) is 19.7 Å². The van der Waals surface area contributed by atoms with Crippen LogP contribution in [0.4, 0.5) is 0 Å². The molecule has 29 heavy (non-hydrogen) atoms. The summed E-state index contributed by atoms with van der Waals surface area (Å²) in [5.74, 6) is 2.91. The molecule has 1 aliphatic rings. The van der Waals surface area contributed by atoms with Crippen LogP contribution in [0.2, 0.25) is 0 Å². The standard InChI is InChI=1S/C24H31N3OS/c1-4-26(5-2)29-21-13-14-23-22(16-21)25-24(27(23)17-19-7-8-19)15-18-9-11-20(12-10-18)28-6-3/h9-14,16,19H,4-8,15,17H2,1-3H3. The quantitative estimate of drug-likeness (QED) is 0.397. The molecule has 0 atom stereocenters. The molecule has 5 heteroatoms. The second-order valence-electron chi connectivity index (χ2n) is 7.69. The Morgan fingerprint density at radius 2 is 1.83 bits per heavy atom. The molecule has 3 aromatic rings. The zero-order chi connectivity index (χ0) is 20.2. The molecule has 1 saturated carbocycles. The molecule has 1 heterocycles. The lowest BCUT2D eigenvalue weighted by Gasteiger charge is -2.16. The Labute approximate surface area is 178 Å². The number of nitrogens with zero attached hydrogens (tertiary/aromatic N) is 3. The predicted molar refractivity (Wildman–Crippen MR) is 122 cm³/mol. The van der Waals surface area contributed by atoms with Crippen LogP contribution >= 0.6 is 11.9 Å². The van der Waals surface area contributed by atoms with Gasteiger partial charge in [0.05, 0.1) is 17.6 Å². The van der Waals surface area contributed by atoms with Crippen LogP contribution in [0.1, 0.15) is 45.0 Å². The lowest BCUT2D eigenvalue weighted by Crippen LogP contribution is -2.13. The third kappa shape index (κ3) is 4.96. The third-order valence-electron chi connectivity index (χ3n) is 5.47. The van der Waals surface area contributed by atoms with E-state index in [0.717, 1.165) is 43.2 Å². The van der Waals surface area contributed by atoms with Crippen LogP contribution in [0.25, 0.3) is 11.0 Å². The van der Waals surface area contributed by atoms with Crippen molar-refractivity contribution >= 4 is 23.0 Å². The highest BCUT2D eigenvalue weighted by atomic mass is 32.2. The Balaban J connectivity index is 1.62. The molecule has 4 rings (SSSR count). The second kappa shape index (κ2) is 9.23. The van der Waals surface area contributed by atoms with Gasteiger partial charge in [-0.3, -0.25) is 0 Å². The van der Waals surface area contributed by atoms with E-state index in [9.17, 15) is 0 Å². The monoisotopic (exact) mass is 409 g/mol. The van der Waals surface area contributed by atoms with Gasteiger partial charge in [0.15, 0.2) is 0 Å². The maximum Gasteiger partial charge on any atom is 0.119 e. The van der Waals surface area contributed by atoms with Crippen molar-refractivity contribution in [3.05, 3.63) is 53.9 Å². The molecule has 0 saturated heterocycles. The fraction of sp³-hybridized carbons (Fsp3) is 0.458. The van der Waals surface area contributed by atoms with Crippen molar-refractivity contribution in [2.24, 2.45) is 5.92 Å². The predicted octanol–water partition coefficient (Wildman–Crippen LogP) is 5.78. The van der Waals surface area contributed by atoms with Gasteiger partial charge in [-0.15, -0.1) is 0 Å². The first-order chi connectivity index (χ1) is 14.2. The van der Waals surface area contributed by atoms with Crippen LogP contribution in [-0.2, 0) is 13.0 Å². The first-order valence-electron chi connectivity index (χ1n) is 10.8. The topological polar surface area (TPSA) is 30.3 Å². The van der Waals surface area contributed by atoms with Gasteiger partial charge in [0.2, 0.25) is 0 Å². The van der Waals surface area contributed by atoms with E-state index in [1.54, 1.807) is 0 Å². The number of hydrogen-bond acceptors (Lipinski definition) is 4. The largest absolute Gasteiger partial charge is 0.494 e. The van der Waals surface area contributed by atoms with Crippen molar-refractivity contribution in [2.45, 2.75) is 51.5 Å². The summed E-state index contributed by atoms with van der Waals surface area (Å²) in [6.07, 6.45) is 3.54. The highest BCUT2D eigenvalue weighted by Gasteiger charge is 2.24. The minimum Gasteiger partial charge on any atom is -0.494 e. The molecule has 0 amide bonds. The minimum atomic E-state index is 0.699. The summed E-state index contributed by atoms with van der Waals surface area (Å²) in [4.78, 5) is 6.34. The fourth-order valence-electron chi connectivity index (χ4n) is 3.67. The summed E-state index contributed by atoms with van der Waals surface area (Å²) >= 11 is 1.83. The van der Waals surface area contributed by atoms with E-state index in [4.69, 9.17) is 9.72 Å². The highest BCUT2D eigenvalue weighted by Crippen LogP contribution is 2.34. The molecular weight excluding hydrogens is 378 g/mol. The van der Waals surface area contributed by atoms with Gasteiger partial charge in [0.1, 0.15) is 11.6 Å². The average Bonchev–Trinajstić information content (AvgIpc) is 3.50. The van der Waals surface area contributed by atoms with E-state index in [1.807, 2.05) is 18.9 Å². The normalized spacial score (nSPS) is 14.1. The number of benzene rings is 2. The summed E-state index contributed by atoms with van der Waals surface area (Å²) in [7, 11) is 0. The summed E-state index contributed by atoms with van der Waals surface area (Å²) < 4.78 is 10.4. The van der Waals surface area contributed by atoms with Crippen molar-refractivity contribution in [3.8, 4) is 5.75 Å². The third-order valence-corrected chi connectivity index (χ3v) is 6.71. The molecule has 0 aliphatic heterocycles. The first kappa shape index (κ1) is 20.3. The van der Waals surface area contributed by atoms with Gasteiger partial charge in [-0.1, -0.05) is 26.0 Å². The average molecular weight is 410 g/mol. The number of aromatic nitrogens is 2. The summed E-state index contributed by atoms with van der Waals surface area (Å²) in [6.45, 7) is 10.3. The second-order valence-corrected chi connectivity index (χ2v) is 8.86. The molecule has 2 aromatic carbocycles. The lowest BCUT2D eigenvalue weighted by molar-refractivity contribution is 0.340. The van der Waals surface area contributed by atoms with Crippen LogP contribution in [0, 0.1) is 5.92 Å². The van der Waals surface area contributed by atoms with Crippen molar-refractivity contribution in [3.63, 3.8) is 0 Å². The van der Waals surface area contributed by atoms with Crippen LogP contribution < -0.4 is 4.74 Å². The van der Waals surface area contributed by atoms with E-state index in [0.29, 0.717) is 6.61 Å². The lowest BCUT2D eigenvalue weighted by atomic mass is 10.1. The number of fused-ring (bicyclic) bond motifs is 1. The first-order valence-corrected chi connectivity index (χ1v) is 11.6. The SMILES string of the molecule is CCOc1ccc(Cc2nc3cc(SN(CC)CC)ccc3n2CC2CC2)cc1. The Hall–Kier alpha value is -1.98. The molecule has 0 radical (unpaired) electrons. The summed E-state index contributed by atoms with van der Waals surface area (Å²) in [6, 6.07) is 15.2. The van der Waals surface area contributed by atoms with E-state index >= 15 is 0 Å². The number of ether oxygens (including phenoxy) is 1. The smallest absolute Gasteiger partial charge is 0.119 e. The number of hydrogen-bond donors (Lipinski definition) is 0. The fourth-order valence-corrected chi connectivity index (χ4v) is 4.52. The van der Waals surface area contributed by atoms with Crippen LogP contribution in [0.5, 0.6) is 5.75 Å². The molecule has 1 aliphatic carbocycles. The van der Waals surface area contributed by atoms with Crippen molar-refractivity contribution in [1.82, 2.24) is 13.9 Å². The summed E-state index contributed by atoms with van der Waals surface area (Å²) in [5.41, 5.74) is 3.66. The number of rotatable bonds is 10. The van der Waals surface area contributed by atoms with Crippen LogP contribution in [-0.4, -0.2) is 33.6 Å². The molecule has 4 nitrogen and oxygen atoms in total. The highest BCUT2D eigenvalue weighted by molar-refractivity contribution is 7.97. The van der Waals surface area contributed by atoms with Crippen molar-refractivity contribution < 1.29 is 4.74 Å². The summed E-state index contributed by atoms with van der Waals surface area (Å²) in [5, 5.41) is 0. The van der Waals surface area contributed by atoms with Gasteiger partial charge < -0.3 is 9.30 Å². The molecule has 0 bridgehead atoms.